The van der Waals surface area contributed by atoms with Crippen molar-refractivity contribution in [3.05, 3.63) is 29.3 Å². The Morgan fingerprint density at radius 2 is 2.22 bits per heavy atom. The molecule has 0 bridgehead atoms. The molecule has 0 spiro atoms. The van der Waals surface area contributed by atoms with E-state index < -0.39 is 11.9 Å². The van der Waals surface area contributed by atoms with Crippen LogP contribution in [0.5, 0.6) is 5.75 Å². The second kappa shape index (κ2) is 7.85. The van der Waals surface area contributed by atoms with Crippen LogP contribution in [0, 0.1) is 12.8 Å². The second-order valence-corrected chi connectivity index (χ2v) is 5.91. The highest BCUT2D eigenvalue weighted by Gasteiger charge is 2.27. The van der Waals surface area contributed by atoms with Crippen LogP contribution in [0.3, 0.4) is 0 Å². The Labute approximate surface area is 136 Å². The molecule has 0 aromatic heterocycles. The minimum atomic E-state index is -0.825. The zero-order chi connectivity index (χ0) is 16.8. The van der Waals surface area contributed by atoms with Crippen molar-refractivity contribution in [1.29, 1.82) is 0 Å². The van der Waals surface area contributed by atoms with E-state index in [0.29, 0.717) is 32.5 Å². The Hall–Kier alpha value is -2.24. The quantitative estimate of drug-likeness (QED) is 0.870. The highest BCUT2D eigenvalue weighted by Crippen LogP contribution is 2.19. The number of piperidine rings is 1. The number of benzene rings is 1. The van der Waals surface area contributed by atoms with Crippen LogP contribution in [-0.2, 0) is 11.2 Å². The first-order valence-corrected chi connectivity index (χ1v) is 7.90. The largest absolute Gasteiger partial charge is 0.496 e. The average Bonchev–Trinajstić information content (AvgIpc) is 2.56. The standard InChI is InChI=1S/C17H24N2O4/c1-12-5-6-13(10-15(12)23-2)7-8-18-17(22)19-9-3-4-14(11-19)16(20)21/h5-6,10,14H,3-4,7-9,11H2,1-2H3,(H,18,22)(H,20,21). The van der Waals surface area contributed by atoms with Crippen molar-refractivity contribution in [3.8, 4) is 5.75 Å². The van der Waals surface area contributed by atoms with Crippen LogP contribution in [0.2, 0.25) is 0 Å². The number of aryl methyl sites for hydroxylation is 1. The van der Waals surface area contributed by atoms with Gasteiger partial charge in [-0.2, -0.15) is 0 Å². The molecular weight excluding hydrogens is 296 g/mol. The summed E-state index contributed by atoms with van der Waals surface area (Å²) in [6.07, 6.45) is 2.08. The summed E-state index contributed by atoms with van der Waals surface area (Å²) in [4.78, 5) is 24.8. The molecule has 1 saturated heterocycles. The zero-order valence-corrected chi connectivity index (χ0v) is 13.7. The summed E-state index contributed by atoms with van der Waals surface area (Å²) in [5.74, 6) is -0.431. The highest BCUT2D eigenvalue weighted by atomic mass is 16.5. The van der Waals surface area contributed by atoms with Crippen molar-refractivity contribution in [2.45, 2.75) is 26.2 Å². The van der Waals surface area contributed by atoms with Crippen molar-refractivity contribution in [2.75, 3.05) is 26.7 Å². The van der Waals surface area contributed by atoms with Gasteiger partial charge >= 0.3 is 12.0 Å². The van der Waals surface area contributed by atoms with Gasteiger partial charge in [0.05, 0.1) is 13.0 Å². The van der Waals surface area contributed by atoms with Crippen molar-refractivity contribution in [3.63, 3.8) is 0 Å². The minimum absolute atomic E-state index is 0.185. The Kier molecular flexibility index (Phi) is 5.84. The molecule has 2 N–H and O–H groups in total. The number of urea groups is 1. The third-order valence-corrected chi connectivity index (χ3v) is 4.22. The maximum atomic E-state index is 12.1. The third kappa shape index (κ3) is 4.61. The fraction of sp³-hybridized carbons (Fsp3) is 0.529. The molecule has 1 unspecified atom stereocenters. The predicted molar refractivity (Wildman–Crippen MR) is 86.8 cm³/mol. The fourth-order valence-electron chi connectivity index (χ4n) is 2.81. The maximum absolute atomic E-state index is 12.1. The van der Waals surface area contributed by atoms with E-state index in [9.17, 15) is 9.59 Å². The molecule has 1 aliphatic heterocycles. The molecule has 0 saturated carbocycles. The number of carboxylic acids is 1. The molecule has 23 heavy (non-hydrogen) atoms. The lowest BCUT2D eigenvalue weighted by Gasteiger charge is -2.30. The van der Waals surface area contributed by atoms with Gasteiger partial charge in [-0.15, -0.1) is 0 Å². The maximum Gasteiger partial charge on any atom is 0.317 e. The van der Waals surface area contributed by atoms with Crippen molar-refractivity contribution >= 4 is 12.0 Å². The molecular formula is C17H24N2O4. The molecule has 0 aliphatic carbocycles. The Bertz CT molecular complexity index is 574. The van der Waals surface area contributed by atoms with Gasteiger partial charge in [0.1, 0.15) is 5.75 Å². The van der Waals surface area contributed by atoms with E-state index in [4.69, 9.17) is 9.84 Å². The fourth-order valence-corrected chi connectivity index (χ4v) is 2.81. The second-order valence-electron chi connectivity index (χ2n) is 5.91. The molecule has 2 rings (SSSR count). The minimum Gasteiger partial charge on any atom is -0.496 e. The molecule has 6 heteroatoms. The number of hydrogen-bond donors (Lipinski definition) is 2. The summed E-state index contributed by atoms with van der Waals surface area (Å²) in [5, 5.41) is 11.9. The van der Waals surface area contributed by atoms with E-state index in [1.807, 2.05) is 25.1 Å². The zero-order valence-electron chi connectivity index (χ0n) is 13.7. The van der Waals surface area contributed by atoms with Gasteiger partial charge in [-0.3, -0.25) is 4.79 Å². The number of rotatable bonds is 5. The summed E-state index contributed by atoms with van der Waals surface area (Å²) in [6, 6.07) is 5.81. The van der Waals surface area contributed by atoms with Gasteiger partial charge in [-0.1, -0.05) is 12.1 Å². The van der Waals surface area contributed by atoms with E-state index in [1.54, 1.807) is 12.0 Å². The molecule has 126 valence electrons. The van der Waals surface area contributed by atoms with Crippen LogP contribution in [0.25, 0.3) is 0 Å². The normalized spacial score (nSPS) is 17.7. The van der Waals surface area contributed by atoms with Gasteiger partial charge in [0.2, 0.25) is 0 Å². The lowest BCUT2D eigenvalue weighted by molar-refractivity contribution is -0.143. The smallest absolute Gasteiger partial charge is 0.317 e. The number of methoxy groups -OCH3 is 1. The van der Waals surface area contributed by atoms with Gasteiger partial charge in [-0.25, -0.2) is 4.79 Å². The van der Waals surface area contributed by atoms with Crippen molar-refractivity contribution in [1.82, 2.24) is 10.2 Å². The van der Waals surface area contributed by atoms with Crippen molar-refractivity contribution in [2.24, 2.45) is 5.92 Å². The number of aliphatic carboxylic acids is 1. The van der Waals surface area contributed by atoms with Gasteiger partial charge in [-0.05, 0) is 43.4 Å². The van der Waals surface area contributed by atoms with Gasteiger partial charge in [0, 0.05) is 19.6 Å². The van der Waals surface area contributed by atoms with Crippen LogP contribution < -0.4 is 10.1 Å². The van der Waals surface area contributed by atoms with E-state index >= 15 is 0 Å². The van der Waals surface area contributed by atoms with Gasteiger partial charge in [0.15, 0.2) is 0 Å². The number of carboxylic acid groups (broad SMARTS) is 1. The van der Waals surface area contributed by atoms with E-state index in [-0.39, 0.29) is 6.03 Å². The van der Waals surface area contributed by atoms with E-state index in [2.05, 4.69) is 5.32 Å². The predicted octanol–water partition coefficient (Wildman–Crippen LogP) is 2.05. The molecule has 1 aliphatic rings. The van der Waals surface area contributed by atoms with E-state index in [1.165, 1.54) is 0 Å². The monoisotopic (exact) mass is 320 g/mol. The number of nitrogens with zero attached hydrogens (tertiary/aromatic N) is 1. The topological polar surface area (TPSA) is 78.9 Å². The van der Waals surface area contributed by atoms with E-state index in [0.717, 1.165) is 23.3 Å². The summed E-state index contributed by atoms with van der Waals surface area (Å²) >= 11 is 0. The molecule has 6 nitrogen and oxygen atoms in total. The van der Waals surface area contributed by atoms with Gasteiger partial charge in [0.25, 0.3) is 0 Å². The summed E-state index contributed by atoms with van der Waals surface area (Å²) in [7, 11) is 1.64. The molecule has 1 aromatic carbocycles. The number of hydrogen-bond acceptors (Lipinski definition) is 3. The highest BCUT2D eigenvalue weighted by molar-refractivity contribution is 5.76. The Morgan fingerprint density at radius 1 is 1.43 bits per heavy atom. The number of carbonyl (C=O) groups is 2. The van der Waals surface area contributed by atoms with Crippen molar-refractivity contribution < 1.29 is 19.4 Å². The first kappa shape index (κ1) is 17.1. The SMILES string of the molecule is COc1cc(CCNC(=O)N2CCCC(C(=O)O)C2)ccc1C. The van der Waals surface area contributed by atoms with Crippen LogP contribution in [0.4, 0.5) is 4.79 Å². The average molecular weight is 320 g/mol. The van der Waals surface area contributed by atoms with Crippen LogP contribution in [0.1, 0.15) is 24.0 Å². The number of likely N-dealkylation sites (tertiary alicyclic amines) is 1. The number of carbonyl (C=O) groups excluding carboxylic acids is 1. The lowest BCUT2D eigenvalue weighted by atomic mass is 9.99. The van der Waals surface area contributed by atoms with Crippen LogP contribution >= 0.6 is 0 Å². The molecule has 1 atom stereocenters. The van der Waals surface area contributed by atoms with Gasteiger partial charge < -0.3 is 20.1 Å². The molecule has 2 amide bonds. The Balaban J connectivity index is 1.81. The first-order valence-electron chi connectivity index (χ1n) is 7.90. The lowest BCUT2D eigenvalue weighted by Crippen LogP contribution is -2.47. The third-order valence-electron chi connectivity index (χ3n) is 4.22. The summed E-state index contributed by atoms with van der Waals surface area (Å²) < 4.78 is 5.29. The summed E-state index contributed by atoms with van der Waals surface area (Å²) in [5.41, 5.74) is 2.17. The number of nitrogens with one attached hydrogen (secondary N) is 1. The first-order chi connectivity index (χ1) is 11.0. The number of ether oxygens (including phenoxy) is 1. The molecule has 1 heterocycles. The molecule has 0 radical (unpaired) electrons. The molecule has 1 fully saturated rings. The van der Waals surface area contributed by atoms with Crippen LogP contribution in [0.15, 0.2) is 18.2 Å². The van der Waals surface area contributed by atoms with Crippen LogP contribution in [-0.4, -0.2) is 48.8 Å². The Morgan fingerprint density at radius 3 is 2.91 bits per heavy atom. The summed E-state index contributed by atoms with van der Waals surface area (Å²) in [6.45, 7) is 3.41. The molecule has 1 aromatic rings. The number of amides is 2.